The Morgan fingerprint density at radius 2 is 1.89 bits per heavy atom. The number of rotatable bonds is 6. The van der Waals surface area contributed by atoms with E-state index < -0.39 is 5.91 Å². The number of nitrogens with zero attached hydrogens (tertiary/aromatic N) is 2. The molecule has 0 bridgehead atoms. The molecule has 6 nitrogen and oxygen atoms in total. The summed E-state index contributed by atoms with van der Waals surface area (Å²) in [5.74, 6) is 3.86. The maximum atomic E-state index is 12.3. The van der Waals surface area contributed by atoms with Gasteiger partial charge in [0.25, 0.3) is 5.91 Å². The number of methoxy groups -OCH3 is 2. The summed E-state index contributed by atoms with van der Waals surface area (Å²) in [6.45, 7) is 0.0677. The van der Waals surface area contributed by atoms with Gasteiger partial charge in [-0.25, -0.2) is 0 Å². The molecule has 1 heterocycles. The number of aromatic nitrogens is 1. The summed E-state index contributed by atoms with van der Waals surface area (Å²) in [5, 5.41) is 0.592. The van der Waals surface area contributed by atoms with Gasteiger partial charge in [0.2, 0.25) is 0 Å². The zero-order chi connectivity index (χ0) is 20.1. The van der Waals surface area contributed by atoms with Gasteiger partial charge in [0.15, 0.2) is 22.9 Å². The SMILES string of the molecule is C#CCn1c(=NC(=O)COc2ccc(Cl)cc2)sc2cc(OC)c(OC)cc21. The van der Waals surface area contributed by atoms with Gasteiger partial charge in [-0.15, -0.1) is 6.42 Å². The zero-order valence-electron chi connectivity index (χ0n) is 15.3. The van der Waals surface area contributed by atoms with Gasteiger partial charge in [-0.1, -0.05) is 28.9 Å². The maximum absolute atomic E-state index is 12.3. The summed E-state index contributed by atoms with van der Waals surface area (Å²) in [6.07, 6.45) is 5.50. The fourth-order valence-corrected chi connectivity index (χ4v) is 3.72. The van der Waals surface area contributed by atoms with E-state index in [0.717, 1.165) is 10.2 Å². The lowest BCUT2D eigenvalue weighted by Gasteiger charge is -2.08. The Labute approximate surface area is 170 Å². The van der Waals surface area contributed by atoms with Crippen molar-refractivity contribution in [3.05, 3.63) is 46.2 Å². The first-order valence-corrected chi connectivity index (χ1v) is 9.40. The number of amides is 1. The van der Waals surface area contributed by atoms with E-state index in [-0.39, 0.29) is 13.2 Å². The number of carbonyl (C=O) groups is 1. The topological polar surface area (TPSA) is 62.1 Å². The van der Waals surface area contributed by atoms with Crippen molar-refractivity contribution < 1.29 is 19.0 Å². The lowest BCUT2D eigenvalue weighted by Crippen LogP contribution is -2.19. The molecule has 1 aromatic heterocycles. The second-order valence-electron chi connectivity index (χ2n) is 5.60. The molecule has 0 saturated heterocycles. The van der Waals surface area contributed by atoms with Gasteiger partial charge >= 0.3 is 0 Å². The highest BCUT2D eigenvalue weighted by Crippen LogP contribution is 2.33. The molecular weight excluding hydrogens is 400 g/mol. The third kappa shape index (κ3) is 4.30. The molecule has 0 N–H and O–H groups in total. The normalized spacial score (nSPS) is 11.3. The van der Waals surface area contributed by atoms with Gasteiger partial charge < -0.3 is 18.8 Å². The Balaban J connectivity index is 1.93. The molecule has 0 saturated carbocycles. The van der Waals surface area contributed by atoms with Gasteiger partial charge in [-0.3, -0.25) is 4.79 Å². The number of hydrogen-bond donors (Lipinski definition) is 0. The summed E-state index contributed by atoms with van der Waals surface area (Å²) >= 11 is 7.17. The van der Waals surface area contributed by atoms with Crippen LogP contribution in [0.3, 0.4) is 0 Å². The standard InChI is InChI=1S/C20H17ClN2O4S/c1-4-9-23-15-10-16(25-2)17(26-3)11-18(15)28-20(23)22-19(24)12-27-14-7-5-13(21)6-8-14/h1,5-8,10-11H,9,12H2,2-3H3. The molecule has 0 spiro atoms. The molecule has 0 aliphatic carbocycles. The Morgan fingerprint density at radius 1 is 1.21 bits per heavy atom. The first kappa shape index (κ1) is 19.8. The highest BCUT2D eigenvalue weighted by atomic mass is 35.5. The number of thiazole rings is 1. The molecular formula is C20H17ClN2O4S. The smallest absolute Gasteiger partial charge is 0.286 e. The van der Waals surface area contributed by atoms with E-state index >= 15 is 0 Å². The van der Waals surface area contributed by atoms with Crippen LogP contribution in [0.25, 0.3) is 10.2 Å². The van der Waals surface area contributed by atoms with E-state index in [1.54, 1.807) is 43.1 Å². The van der Waals surface area contributed by atoms with Gasteiger partial charge in [0.1, 0.15) is 5.75 Å². The molecule has 2 aromatic carbocycles. The third-order valence-corrected chi connectivity index (χ3v) is 5.13. The van der Waals surface area contributed by atoms with Crippen molar-refractivity contribution in [1.29, 1.82) is 0 Å². The lowest BCUT2D eigenvalue weighted by molar-refractivity contribution is -0.120. The molecule has 0 radical (unpaired) electrons. The summed E-state index contributed by atoms with van der Waals surface area (Å²) in [6, 6.07) is 10.4. The maximum Gasteiger partial charge on any atom is 0.286 e. The molecule has 0 atom stereocenters. The van der Waals surface area contributed by atoms with E-state index in [0.29, 0.717) is 27.1 Å². The molecule has 3 aromatic rings. The Kier molecular flexibility index (Phi) is 6.24. The van der Waals surface area contributed by atoms with E-state index in [9.17, 15) is 4.79 Å². The van der Waals surface area contributed by atoms with Crippen LogP contribution < -0.4 is 19.0 Å². The quantitative estimate of drug-likeness (QED) is 0.577. The zero-order valence-corrected chi connectivity index (χ0v) is 16.8. The fourth-order valence-electron chi connectivity index (χ4n) is 2.54. The van der Waals surface area contributed by atoms with E-state index in [2.05, 4.69) is 10.9 Å². The number of ether oxygens (including phenoxy) is 3. The molecule has 1 amide bonds. The second-order valence-corrected chi connectivity index (χ2v) is 7.04. The van der Waals surface area contributed by atoms with Crippen molar-refractivity contribution in [2.75, 3.05) is 20.8 Å². The number of fused-ring (bicyclic) bond motifs is 1. The van der Waals surface area contributed by atoms with Crippen molar-refractivity contribution in [1.82, 2.24) is 4.57 Å². The largest absolute Gasteiger partial charge is 0.493 e. The summed E-state index contributed by atoms with van der Waals surface area (Å²) in [5.41, 5.74) is 0.811. The van der Waals surface area contributed by atoms with Gasteiger partial charge in [-0.05, 0) is 24.3 Å². The molecule has 144 valence electrons. The van der Waals surface area contributed by atoms with Gasteiger partial charge in [0, 0.05) is 17.2 Å². The van der Waals surface area contributed by atoms with Crippen LogP contribution in [0.1, 0.15) is 0 Å². The van der Waals surface area contributed by atoms with Crippen LogP contribution in [0.5, 0.6) is 17.2 Å². The fraction of sp³-hybridized carbons (Fsp3) is 0.200. The van der Waals surface area contributed by atoms with Crippen LogP contribution >= 0.6 is 22.9 Å². The predicted octanol–water partition coefficient (Wildman–Crippen LogP) is 3.51. The number of terminal acetylenes is 1. The second kappa shape index (κ2) is 8.83. The van der Waals surface area contributed by atoms with Crippen LogP contribution in [0, 0.1) is 12.3 Å². The summed E-state index contributed by atoms with van der Waals surface area (Å²) < 4.78 is 18.8. The molecule has 3 rings (SSSR count). The number of hydrogen-bond acceptors (Lipinski definition) is 5. The minimum absolute atomic E-state index is 0.196. The minimum atomic E-state index is -0.425. The van der Waals surface area contributed by atoms with Crippen molar-refractivity contribution >= 4 is 39.1 Å². The van der Waals surface area contributed by atoms with Crippen LogP contribution in [-0.4, -0.2) is 31.3 Å². The van der Waals surface area contributed by atoms with Gasteiger partial charge in [-0.2, -0.15) is 4.99 Å². The molecule has 28 heavy (non-hydrogen) atoms. The summed E-state index contributed by atoms with van der Waals surface area (Å²) in [7, 11) is 3.13. The third-order valence-electron chi connectivity index (χ3n) is 3.83. The first-order valence-electron chi connectivity index (χ1n) is 8.20. The van der Waals surface area contributed by atoms with Crippen molar-refractivity contribution in [2.24, 2.45) is 4.99 Å². The highest BCUT2D eigenvalue weighted by molar-refractivity contribution is 7.16. The van der Waals surface area contributed by atoms with E-state index in [1.165, 1.54) is 11.3 Å². The molecule has 0 aliphatic heterocycles. The Bertz CT molecular complexity index is 1110. The van der Waals surface area contributed by atoms with Crippen molar-refractivity contribution in [3.63, 3.8) is 0 Å². The predicted molar refractivity (Wildman–Crippen MR) is 109 cm³/mol. The van der Waals surface area contributed by atoms with Crippen LogP contribution in [0.2, 0.25) is 5.02 Å². The average Bonchev–Trinajstić information content (AvgIpc) is 3.02. The molecule has 8 heteroatoms. The first-order chi connectivity index (χ1) is 13.5. The molecule has 0 aliphatic rings. The van der Waals surface area contributed by atoms with E-state index in [4.69, 9.17) is 32.2 Å². The average molecular weight is 417 g/mol. The van der Waals surface area contributed by atoms with Crippen LogP contribution in [0.4, 0.5) is 0 Å². The minimum Gasteiger partial charge on any atom is -0.493 e. The van der Waals surface area contributed by atoms with Crippen LogP contribution in [0.15, 0.2) is 41.4 Å². The number of halogens is 1. The molecule has 0 fully saturated rings. The summed E-state index contributed by atoms with van der Waals surface area (Å²) in [4.78, 5) is 17.0. The van der Waals surface area contributed by atoms with Crippen molar-refractivity contribution in [3.8, 4) is 29.6 Å². The van der Waals surface area contributed by atoms with E-state index in [1.807, 2.05) is 12.1 Å². The van der Waals surface area contributed by atoms with Crippen LogP contribution in [-0.2, 0) is 11.3 Å². The number of benzene rings is 2. The highest BCUT2D eigenvalue weighted by Gasteiger charge is 2.13. The van der Waals surface area contributed by atoms with Crippen molar-refractivity contribution in [2.45, 2.75) is 6.54 Å². The number of carbonyl (C=O) groups excluding carboxylic acids is 1. The Hall–Kier alpha value is -2.95. The lowest BCUT2D eigenvalue weighted by atomic mass is 10.3. The molecule has 0 unspecified atom stereocenters. The van der Waals surface area contributed by atoms with Gasteiger partial charge in [0.05, 0.1) is 31.0 Å². The Morgan fingerprint density at radius 3 is 2.54 bits per heavy atom. The monoisotopic (exact) mass is 416 g/mol.